The second-order valence-corrected chi connectivity index (χ2v) is 9.24. The summed E-state index contributed by atoms with van der Waals surface area (Å²) in [4.78, 5) is 57.1. The van der Waals surface area contributed by atoms with Gasteiger partial charge in [0.05, 0.1) is 0 Å². The molecule has 12 nitrogen and oxygen atoms in total. The molecule has 2 heterocycles. The molecule has 0 radical (unpaired) electrons. The van der Waals surface area contributed by atoms with Gasteiger partial charge in [0.2, 0.25) is 22.8 Å². The molecule has 5 N–H and O–H groups in total. The zero-order valence-electron chi connectivity index (χ0n) is 21.2. The molecule has 1 aliphatic rings. The largest absolute Gasteiger partial charge is 0.375 e. The molecule has 1 fully saturated rings. The fourth-order valence-corrected chi connectivity index (χ4v) is 4.74. The minimum absolute atomic E-state index is 0.108. The smallest absolute Gasteiger partial charge is 0.351 e. The SMILES string of the molecule is O=C(Nc1ccn([C@@H]2O[C@H](NO)[C@](O)(C(=O)c3ccccc3)[C@]2(O)C(=O)c2ccccc2)c(=O)n1)c1ccccc1. The molecule has 0 bridgehead atoms. The van der Waals surface area contributed by atoms with Gasteiger partial charge >= 0.3 is 5.69 Å². The van der Waals surface area contributed by atoms with E-state index in [0.29, 0.717) is 10.1 Å². The third kappa shape index (κ3) is 4.65. The highest BCUT2D eigenvalue weighted by Gasteiger charge is 2.74. The van der Waals surface area contributed by atoms with E-state index >= 15 is 0 Å². The van der Waals surface area contributed by atoms with Crippen LogP contribution in [0.25, 0.3) is 0 Å². The van der Waals surface area contributed by atoms with Gasteiger partial charge in [-0.15, -0.1) is 0 Å². The number of benzene rings is 3. The van der Waals surface area contributed by atoms with E-state index in [1.807, 2.05) is 0 Å². The summed E-state index contributed by atoms with van der Waals surface area (Å²) in [6, 6.07) is 24.0. The molecule has 3 aromatic carbocycles. The molecule has 12 heteroatoms. The summed E-state index contributed by atoms with van der Waals surface area (Å²) in [5, 5.41) is 36.4. The minimum atomic E-state index is -3.16. The molecule has 0 saturated carbocycles. The highest BCUT2D eigenvalue weighted by atomic mass is 16.6. The normalized spacial score (nSPS) is 23.6. The summed E-state index contributed by atoms with van der Waals surface area (Å²) >= 11 is 0. The monoisotopic (exact) mass is 556 g/mol. The Morgan fingerprint density at radius 2 is 1.24 bits per heavy atom. The van der Waals surface area contributed by atoms with E-state index in [2.05, 4.69) is 10.3 Å². The van der Waals surface area contributed by atoms with Crippen LogP contribution in [-0.2, 0) is 4.74 Å². The van der Waals surface area contributed by atoms with Crippen molar-refractivity contribution in [1.82, 2.24) is 15.0 Å². The van der Waals surface area contributed by atoms with Crippen LogP contribution in [-0.4, -0.2) is 59.9 Å². The van der Waals surface area contributed by atoms with E-state index in [9.17, 15) is 34.6 Å². The maximum absolute atomic E-state index is 13.9. The van der Waals surface area contributed by atoms with Gasteiger partial charge in [0.15, 0.2) is 12.5 Å². The highest BCUT2D eigenvalue weighted by Crippen LogP contribution is 2.48. The number of hydrogen-bond donors (Lipinski definition) is 5. The lowest BCUT2D eigenvalue weighted by atomic mass is 9.73. The van der Waals surface area contributed by atoms with Crippen molar-refractivity contribution in [3.05, 3.63) is 130 Å². The number of hydrogen-bond acceptors (Lipinski definition) is 10. The fourth-order valence-electron chi connectivity index (χ4n) is 4.74. The van der Waals surface area contributed by atoms with Gasteiger partial charge in [0, 0.05) is 22.9 Å². The number of anilines is 1. The predicted molar refractivity (Wildman–Crippen MR) is 143 cm³/mol. The topological polar surface area (TPSA) is 180 Å². The number of ketones is 2. The molecule has 0 aliphatic carbocycles. The summed E-state index contributed by atoms with van der Waals surface area (Å²) in [6.45, 7) is 0. The third-order valence-electron chi connectivity index (χ3n) is 6.82. The molecular formula is C29H24N4O8. The number of nitrogens with one attached hydrogen (secondary N) is 2. The number of aliphatic hydroxyl groups is 2. The van der Waals surface area contributed by atoms with Crippen LogP contribution in [0.3, 0.4) is 0 Å². The maximum atomic E-state index is 13.9. The van der Waals surface area contributed by atoms with Crippen LogP contribution in [0, 0.1) is 0 Å². The number of nitrogens with zero attached hydrogens (tertiary/aromatic N) is 2. The number of Topliss-reactive ketones (excluding diaryl/α,β-unsaturated/α-hetero) is 2. The van der Waals surface area contributed by atoms with Gasteiger partial charge in [0.25, 0.3) is 5.91 Å². The lowest BCUT2D eigenvalue weighted by Crippen LogP contribution is -2.68. The van der Waals surface area contributed by atoms with Gasteiger partial charge in [0.1, 0.15) is 5.82 Å². The second-order valence-electron chi connectivity index (χ2n) is 9.24. The number of carbonyl (C=O) groups excluding carboxylic acids is 3. The first kappa shape index (κ1) is 27.7. The summed E-state index contributed by atoms with van der Waals surface area (Å²) in [7, 11) is 0. The Labute approximate surface area is 232 Å². The van der Waals surface area contributed by atoms with E-state index < -0.39 is 46.8 Å². The Morgan fingerprint density at radius 1 is 0.756 bits per heavy atom. The van der Waals surface area contributed by atoms with Crippen LogP contribution in [0.2, 0.25) is 0 Å². The van der Waals surface area contributed by atoms with Gasteiger partial charge in [-0.2, -0.15) is 10.5 Å². The molecule has 1 saturated heterocycles. The molecule has 1 aromatic heterocycles. The quantitative estimate of drug-likeness (QED) is 0.158. The van der Waals surface area contributed by atoms with Crippen LogP contribution in [0.5, 0.6) is 0 Å². The average molecular weight is 557 g/mol. The number of ether oxygens (including phenoxy) is 1. The van der Waals surface area contributed by atoms with E-state index in [-0.39, 0.29) is 16.9 Å². The summed E-state index contributed by atoms with van der Waals surface area (Å²) in [5.41, 5.74) is -5.68. The first-order valence-corrected chi connectivity index (χ1v) is 12.4. The maximum Gasteiger partial charge on any atom is 0.351 e. The van der Waals surface area contributed by atoms with Crippen molar-refractivity contribution in [3.63, 3.8) is 0 Å². The molecule has 0 spiro atoms. The molecule has 1 amide bonds. The zero-order chi connectivity index (χ0) is 29.2. The Balaban J connectivity index is 1.60. The number of carbonyl (C=O) groups is 3. The first-order valence-electron chi connectivity index (χ1n) is 12.4. The van der Waals surface area contributed by atoms with Crippen molar-refractivity contribution in [2.24, 2.45) is 0 Å². The lowest BCUT2D eigenvalue weighted by molar-refractivity contribution is -0.120. The fraction of sp³-hybridized carbons (Fsp3) is 0.138. The molecule has 41 heavy (non-hydrogen) atoms. The van der Waals surface area contributed by atoms with Crippen LogP contribution in [0.15, 0.2) is 108 Å². The Morgan fingerprint density at radius 3 is 1.73 bits per heavy atom. The van der Waals surface area contributed by atoms with E-state index in [1.54, 1.807) is 47.9 Å². The lowest BCUT2D eigenvalue weighted by Gasteiger charge is -2.38. The molecule has 0 unspecified atom stereocenters. The first-order chi connectivity index (χ1) is 19.7. The number of rotatable bonds is 8. The van der Waals surface area contributed by atoms with Crippen molar-refractivity contribution >= 4 is 23.3 Å². The number of amides is 1. The summed E-state index contributed by atoms with van der Waals surface area (Å²) < 4.78 is 6.30. The van der Waals surface area contributed by atoms with Crippen LogP contribution in [0.4, 0.5) is 5.82 Å². The van der Waals surface area contributed by atoms with E-state index in [4.69, 9.17) is 4.74 Å². The van der Waals surface area contributed by atoms with Crippen LogP contribution < -0.4 is 16.5 Å². The van der Waals surface area contributed by atoms with Crippen molar-refractivity contribution < 1.29 is 34.5 Å². The van der Waals surface area contributed by atoms with Crippen LogP contribution >= 0.6 is 0 Å². The van der Waals surface area contributed by atoms with Crippen molar-refractivity contribution in [1.29, 1.82) is 0 Å². The molecule has 208 valence electrons. The Bertz CT molecular complexity index is 1650. The Hall–Kier alpha value is -4.85. The molecule has 4 atom stereocenters. The van der Waals surface area contributed by atoms with Crippen molar-refractivity contribution in [2.75, 3.05) is 5.32 Å². The van der Waals surface area contributed by atoms with Gasteiger partial charge in [-0.3, -0.25) is 19.0 Å². The second kappa shape index (κ2) is 11.0. The van der Waals surface area contributed by atoms with Gasteiger partial charge in [-0.25, -0.2) is 4.79 Å². The summed E-state index contributed by atoms with van der Waals surface area (Å²) in [5.74, 6) is -3.02. The van der Waals surface area contributed by atoms with Crippen LogP contribution in [0.1, 0.15) is 37.3 Å². The van der Waals surface area contributed by atoms with E-state index in [0.717, 1.165) is 6.20 Å². The number of aromatic nitrogens is 2. The molecule has 1 aliphatic heterocycles. The molecular weight excluding hydrogens is 532 g/mol. The van der Waals surface area contributed by atoms with Gasteiger partial charge in [-0.05, 0) is 18.2 Å². The zero-order valence-corrected chi connectivity index (χ0v) is 21.2. The van der Waals surface area contributed by atoms with Gasteiger partial charge in [-0.1, -0.05) is 78.9 Å². The number of hydroxylamine groups is 1. The predicted octanol–water partition coefficient (Wildman–Crippen LogP) is 1.56. The molecule has 5 rings (SSSR count). The van der Waals surface area contributed by atoms with Crippen molar-refractivity contribution in [3.8, 4) is 0 Å². The van der Waals surface area contributed by atoms with Crippen molar-refractivity contribution in [2.45, 2.75) is 23.7 Å². The average Bonchev–Trinajstić information content (AvgIpc) is 3.25. The van der Waals surface area contributed by atoms with E-state index in [1.165, 1.54) is 54.6 Å². The third-order valence-corrected chi connectivity index (χ3v) is 6.82. The Kier molecular flexibility index (Phi) is 7.41. The van der Waals surface area contributed by atoms with Gasteiger partial charge < -0.3 is 25.5 Å². The minimum Gasteiger partial charge on any atom is -0.375 e. The standard InChI is InChI=1S/C29H24N4O8/c34-22(18-10-4-1-5-11-18)28(38)25(32-40)41-26(29(28,39)23(35)19-12-6-2-7-13-19)33-17-16-21(31-27(33)37)30-24(36)20-14-8-3-9-15-20/h1-17,25-26,32,38-40H,(H,30,31,36,37)/t25-,26+,28+,29-/m0/s1. The summed E-state index contributed by atoms with van der Waals surface area (Å²) in [6.07, 6.45) is -3.06. The highest BCUT2D eigenvalue weighted by molar-refractivity contribution is 6.13. The molecule has 4 aromatic rings.